The van der Waals surface area contributed by atoms with E-state index in [1.54, 1.807) is 30.2 Å². The van der Waals surface area contributed by atoms with Crippen molar-refractivity contribution in [2.75, 3.05) is 33.4 Å². The van der Waals surface area contributed by atoms with E-state index < -0.39 is 5.79 Å². The molecule has 0 saturated carbocycles. The normalized spacial score (nSPS) is 20.8. The molecule has 0 unspecified atom stereocenters. The number of nitrogens with zero attached hydrogens (tertiary/aromatic N) is 1. The van der Waals surface area contributed by atoms with Gasteiger partial charge in [0.25, 0.3) is 5.91 Å². The first-order valence-electron chi connectivity index (χ1n) is 7.04. The van der Waals surface area contributed by atoms with Gasteiger partial charge in [-0.1, -0.05) is 11.6 Å². The third-order valence-corrected chi connectivity index (χ3v) is 4.15. The summed E-state index contributed by atoms with van der Waals surface area (Å²) in [5, 5.41) is 0.513. The fraction of sp³-hybridized carbons (Fsp3) is 0.533. The molecule has 0 radical (unpaired) electrons. The summed E-state index contributed by atoms with van der Waals surface area (Å²) in [5.41, 5.74) is 0.472. The van der Waals surface area contributed by atoms with Gasteiger partial charge in [-0.15, -0.1) is 0 Å². The Labute approximate surface area is 128 Å². The minimum absolute atomic E-state index is 0.104. The molecule has 2 aliphatic rings. The third-order valence-electron chi connectivity index (χ3n) is 3.91. The maximum absolute atomic E-state index is 12.7. The van der Waals surface area contributed by atoms with Crippen LogP contribution in [0.25, 0.3) is 0 Å². The lowest BCUT2D eigenvalue weighted by atomic mass is 10.0. The van der Waals surface area contributed by atoms with Gasteiger partial charge in [0.05, 0.1) is 32.4 Å². The zero-order valence-electron chi connectivity index (χ0n) is 11.9. The van der Waals surface area contributed by atoms with Crippen LogP contribution in [0.4, 0.5) is 0 Å². The van der Waals surface area contributed by atoms with E-state index in [9.17, 15) is 4.79 Å². The summed E-state index contributed by atoms with van der Waals surface area (Å²) in [4.78, 5) is 14.5. The molecule has 0 aromatic heterocycles. The Morgan fingerprint density at radius 3 is 2.86 bits per heavy atom. The summed E-state index contributed by atoms with van der Waals surface area (Å²) in [6.45, 7) is 2.30. The molecule has 1 aromatic carbocycles. The highest BCUT2D eigenvalue weighted by Gasteiger charge is 2.42. The number of likely N-dealkylation sites (tertiary alicyclic amines) is 1. The number of carbonyl (C=O) groups is 1. The lowest BCUT2D eigenvalue weighted by molar-refractivity contribution is -0.183. The Bertz CT molecular complexity index is 542. The predicted octanol–water partition coefficient (Wildman–Crippen LogP) is 2.33. The number of hydrogen-bond donors (Lipinski definition) is 0. The maximum Gasteiger partial charge on any atom is 0.257 e. The molecule has 114 valence electrons. The molecule has 2 saturated heterocycles. The highest BCUT2D eigenvalue weighted by atomic mass is 35.5. The Balaban J connectivity index is 1.83. The number of hydrogen-bond acceptors (Lipinski definition) is 4. The minimum Gasteiger partial charge on any atom is -0.496 e. The third kappa shape index (κ3) is 2.86. The molecule has 2 fully saturated rings. The predicted molar refractivity (Wildman–Crippen MR) is 77.8 cm³/mol. The second kappa shape index (κ2) is 5.83. The van der Waals surface area contributed by atoms with Gasteiger partial charge in [-0.05, 0) is 24.6 Å². The van der Waals surface area contributed by atoms with Gasteiger partial charge in [0.1, 0.15) is 5.75 Å². The van der Waals surface area contributed by atoms with Gasteiger partial charge in [0.2, 0.25) is 0 Å². The average Bonchev–Trinajstić information content (AvgIpc) is 2.94. The van der Waals surface area contributed by atoms with E-state index >= 15 is 0 Å². The van der Waals surface area contributed by atoms with Crippen molar-refractivity contribution < 1.29 is 19.0 Å². The molecule has 0 aliphatic carbocycles. The lowest BCUT2D eigenvalue weighted by Crippen LogP contribution is -2.51. The van der Waals surface area contributed by atoms with Gasteiger partial charge in [-0.25, -0.2) is 0 Å². The average molecular weight is 312 g/mol. The molecule has 0 atom stereocenters. The van der Waals surface area contributed by atoms with Crippen molar-refractivity contribution in [3.05, 3.63) is 28.8 Å². The van der Waals surface area contributed by atoms with Gasteiger partial charge < -0.3 is 19.1 Å². The van der Waals surface area contributed by atoms with Crippen molar-refractivity contribution in [2.45, 2.75) is 18.6 Å². The first kappa shape index (κ1) is 14.6. The van der Waals surface area contributed by atoms with E-state index in [-0.39, 0.29) is 5.91 Å². The summed E-state index contributed by atoms with van der Waals surface area (Å²) >= 11 is 6.00. The molecule has 2 aliphatic heterocycles. The van der Waals surface area contributed by atoms with Crippen molar-refractivity contribution in [3.8, 4) is 5.75 Å². The SMILES string of the molecule is COc1ccc(Cl)cc1C(=O)N1CCCC2(C1)OCCO2. The van der Waals surface area contributed by atoms with E-state index in [2.05, 4.69) is 0 Å². The summed E-state index contributed by atoms with van der Waals surface area (Å²) in [6.07, 6.45) is 1.68. The second-order valence-corrected chi connectivity index (χ2v) is 5.72. The molecule has 5 nitrogen and oxygen atoms in total. The Morgan fingerprint density at radius 2 is 2.14 bits per heavy atom. The van der Waals surface area contributed by atoms with E-state index in [4.69, 9.17) is 25.8 Å². The number of halogens is 1. The molecule has 0 bridgehead atoms. The zero-order chi connectivity index (χ0) is 14.9. The fourth-order valence-corrected chi connectivity index (χ4v) is 3.08. The van der Waals surface area contributed by atoms with E-state index in [1.807, 2.05) is 0 Å². The quantitative estimate of drug-likeness (QED) is 0.841. The summed E-state index contributed by atoms with van der Waals surface area (Å²) in [5.74, 6) is -0.204. The van der Waals surface area contributed by atoms with Crippen LogP contribution in [0.15, 0.2) is 18.2 Å². The van der Waals surface area contributed by atoms with Crippen molar-refractivity contribution >= 4 is 17.5 Å². The monoisotopic (exact) mass is 311 g/mol. The highest BCUT2D eigenvalue weighted by Crippen LogP contribution is 2.32. The topological polar surface area (TPSA) is 48.0 Å². The number of methoxy groups -OCH3 is 1. The Hall–Kier alpha value is -1.30. The second-order valence-electron chi connectivity index (χ2n) is 5.28. The summed E-state index contributed by atoms with van der Waals surface area (Å²) in [6, 6.07) is 5.05. The van der Waals surface area contributed by atoms with Crippen LogP contribution in [0, 0.1) is 0 Å². The highest BCUT2D eigenvalue weighted by molar-refractivity contribution is 6.31. The van der Waals surface area contributed by atoms with Crippen molar-refractivity contribution in [1.82, 2.24) is 4.90 Å². The first-order chi connectivity index (χ1) is 10.1. The van der Waals surface area contributed by atoms with E-state index in [1.165, 1.54) is 0 Å². The van der Waals surface area contributed by atoms with Gasteiger partial charge >= 0.3 is 0 Å². The van der Waals surface area contributed by atoms with E-state index in [0.29, 0.717) is 42.6 Å². The van der Waals surface area contributed by atoms with Gasteiger partial charge in [0, 0.05) is 18.0 Å². The number of ether oxygens (including phenoxy) is 3. The molecule has 3 rings (SSSR count). The molecule has 21 heavy (non-hydrogen) atoms. The lowest BCUT2D eigenvalue weighted by Gasteiger charge is -2.38. The van der Waals surface area contributed by atoms with Gasteiger partial charge in [-0.2, -0.15) is 0 Å². The van der Waals surface area contributed by atoms with E-state index in [0.717, 1.165) is 12.8 Å². The standard InChI is InChI=1S/C15H18ClNO4/c1-19-13-4-3-11(16)9-12(13)14(18)17-6-2-5-15(10-17)20-7-8-21-15/h3-4,9H,2,5-8,10H2,1H3. The molecule has 1 spiro atoms. The molecule has 1 aromatic rings. The van der Waals surface area contributed by atoms with Gasteiger partial charge in [0.15, 0.2) is 5.79 Å². The van der Waals surface area contributed by atoms with Crippen LogP contribution in [0.1, 0.15) is 23.2 Å². The Morgan fingerprint density at radius 1 is 1.38 bits per heavy atom. The smallest absolute Gasteiger partial charge is 0.257 e. The number of rotatable bonds is 2. The number of amides is 1. The first-order valence-corrected chi connectivity index (χ1v) is 7.42. The van der Waals surface area contributed by atoms with Crippen molar-refractivity contribution in [1.29, 1.82) is 0 Å². The van der Waals surface area contributed by atoms with Gasteiger partial charge in [-0.3, -0.25) is 4.79 Å². The molecular weight excluding hydrogens is 294 g/mol. The molecule has 6 heteroatoms. The van der Waals surface area contributed by atoms with Crippen LogP contribution < -0.4 is 4.74 Å². The Kier molecular flexibility index (Phi) is 4.06. The van der Waals surface area contributed by atoms with Crippen LogP contribution in [-0.2, 0) is 9.47 Å². The molecule has 1 amide bonds. The van der Waals surface area contributed by atoms with Crippen molar-refractivity contribution in [3.63, 3.8) is 0 Å². The van der Waals surface area contributed by atoms with Crippen LogP contribution in [0.5, 0.6) is 5.75 Å². The largest absolute Gasteiger partial charge is 0.496 e. The molecule has 0 N–H and O–H groups in total. The molecular formula is C15H18ClNO4. The summed E-state index contributed by atoms with van der Waals surface area (Å²) < 4.78 is 16.7. The van der Waals surface area contributed by atoms with Crippen LogP contribution >= 0.6 is 11.6 Å². The zero-order valence-corrected chi connectivity index (χ0v) is 12.7. The maximum atomic E-state index is 12.7. The summed E-state index contributed by atoms with van der Waals surface area (Å²) in [7, 11) is 1.54. The number of benzene rings is 1. The minimum atomic E-state index is -0.625. The van der Waals surface area contributed by atoms with Crippen LogP contribution in [0.2, 0.25) is 5.02 Å². The van der Waals surface area contributed by atoms with Crippen LogP contribution in [-0.4, -0.2) is 50.0 Å². The number of piperidine rings is 1. The fourth-order valence-electron chi connectivity index (χ4n) is 2.91. The molecule has 2 heterocycles. The van der Waals surface area contributed by atoms with Crippen molar-refractivity contribution in [2.24, 2.45) is 0 Å². The number of carbonyl (C=O) groups excluding carboxylic acids is 1. The van der Waals surface area contributed by atoms with Crippen LogP contribution in [0.3, 0.4) is 0 Å².